The molecule has 1 atom stereocenters. The van der Waals surface area contributed by atoms with E-state index in [4.69, 9.17) is 4.52 Å². The van der Waals surface area contributed by atoms with Gasteiger partial charge in [0.2, 0.25) is 11.7 Å². The summed E-state index contributed by atoms with van der Waals surface area (Å²) in [4.78, 5) is 20.5. The van der Waals surface area contributed by atoms with Crippen molar-refractivity contribution < 1.29 is 9.32 Å². The molecule has 0 saturated heterocycles. The van der Waals surface area contributed by atoms with E-state index in [1.165, 1.54) is 0 Å². The molecule has 2 heterocycles. The first kappa shape index (κ1) is 13.4. The van der Waals surface area contributed by atoms with Crippen LogP contribution in [0.2, 0.25) is 0 Å². The first-order valence-electron chi connectivity index (χ1n) is 6.71. The van der Waals surface area contributed by atoms with Crippen molar-refractivity contribution in [1.29, 1.82) is 0 Å². The molecule has 3 rings (SSSR count). The minimum absolute atomic E-state index is 0.213. The highest BCUT2D eigenvalue weighted by Crippen LogP contribution is 2.29. The number of Topliss-reactive ketones (excluding diaryl/α,β-unsaturated/α-hetero) is 1. The lowest BCUT2D eigenvalue weighted by Gasteiger charge is -2.06. The largest absolute Gasteiger partial charge is 0.338 e. The molecule has 1 saturated carbocycles. The van der Waals surface area contributed by atoms with Crippen molar-refractivity contribution in [1.82, 2.24) is 15.1 Å². The van der Waals surface area contributed by atoms with Gasteiger partial charge in [0.15, 0.2) is 0 Å². The van der Waals surface area contributed by atoms with E-state index < -0.39 is 0 Å². The Hall–Kier alpha value is -1.56. The fourth-order valence-corrected chi connectivity index (χ4v) is 2.81. The summed E-state index contributed by atoms with van der Waals surface area (Å²) in [6.07, 6.45) is 7.88. The Bertz CT molecular complexity index is 626. The monoisotopic (exact) mass is 335 g/mol. The average molecular weight is 336 g/mol. The summed E-state index contributed by atoms with van der Waals surface area (Å²) in [6.45, 7) is 0. The summed E-state index contributed by atoms with van der Waals surface area (Å²) >= 11 is 3.36. The molecule has 0 amide bonds. The normalized spacial score (nSPS) is 19.9. The smallest absolute Gasteiger partial charge is 0.237 e. The minimum Gasteiger partial charge on any atom is -0.338 e. The zero-order valence-electron chi connectivity index (χ0n) is 10.9. The van der Waals surface area contributed by atoms with Crippen molar-refractivity contribution in [3.8, 4) is 11.4 Å². The van der Waals surface area contributed by atoms with Crippen LogP contribution in [0.15, 0.2) is 27.5 Å². The summed E-state index contributed by atoms with van der Waals surface area (Å²) in [7, 11) is 0. The maximum absolute atomic E-state index is 12.1. The molecule has 2 aromatic rings. The molecule has 1 aliphatic rings. The van der Waals surface area contributed by atoms with Crippen LogP contribution in [0.1, 0.15) is 43.9 Å². The molecule has 1 fully saturated rings. The third kappa shape index (κ3) is 2.80. The predicted octanol–water partition coefficient (Wildman–Crippen LogP) is 3.51. The number of carbonyl (C=O) groups is 1. The highest BCUT2D eigenvalue weighted by Gasteiger charge is 2.27. The minimum atomic E-state index is -0.237. The van der Waals surface area contributed by atoms with E-state index in [9.17, 15) is 4.79 Å². The molecular formula is C14H14BrN3O2. The van der Waals surface area contributed by atoms with Gasteiger partial charge in [0.05, 0.1) is 5.92 Å². The van der Waals surface area contributed by atoms with Crippen molar-refractivity contribution in [3.63, 3.8) is 0 Å². The molecule has 0 bridgehead atoms. The van der Waals surface area contributed by atoms with Crippen LogP contribution in [0.3, 0.4) is 0 Å². The molecule has 0 aliphatic heterocycles. The Labute approximate surface area is 124 Å². The molecule has 2 aromatic heterocycles. The number of halogens is 1. The van der Waals surface area contributed by atoms with Gasteiger partial charge >= 0.3 is 0 Å². The second-order valence-electron chi connectivity index (χ2n) is 4.97. The van der Waals surface area contributed by atoms with Gasteiger partial charge in [0, 0.05) is 28.9 Å². The molecule has 0 spiro atoms. The zero-order valence-corrected chi connectivity index (χ0v) is 12.5. The van der Waals surface area contributed by atoms with Crippen LogP contribution in [0.25, 0.3) is 11.4 Å². The van der Waals surface area contributed by atoms with Crippen molar-refractivity contribution in [2.45, 2.75) is 38.0 Å². The quantitative estimate of drug-likeness (QED) is 0.785. The molecule has 0 radical (unpaired) electrons. The van der Waals surface area contributed by atoms with E-state index in [2.05, 4.69) is 31.1 Å². The molecule has 104 valence electrons. The topological polar surface area (TPSA) is 68.9 Å². The van der Waals surface area contributed by atoms with Gasteiger partial charge in [0.25, 0.3) is 0 Å². The van der Waals surface area contributed by atoms with Crippen LogP contribution in [-0.4, -0.2) is 20.9 Å². The summed E-state index contributed by atoms with van der Waals surface area (Å²) in [6, 6.07) is 1.87. The Morgan fingerprint density at radius 3 is 3.00 bits per heavy atom. The first-order valence-corrected chi connectivity index (χ1v) is 7.50. The highest BCUT2D eigenvalue weighted by molar-refractivity contribution is 9.10. The summed E-state index contributed by atoms with van der Waals surface area (Å²) in [5.74, 6) is 0.890. The van der Waals surface area contributed by atoms with Crippen molar-refractivity contribution in [2.24, 2.45) is 0 Å². The second kappa shape index (κ2) is 5.83. The Kier molecular flexibility index (Phi) is 3.91. The standard InChI is InChI=1S/C14H14BrN3O2/c15-10-6-9(7-16-8-10)13-17-14(20-18-13)11-4-2-1-3-5-12(11)19/h6-8,11H,1-5H2. The fourth-order valence-electron chi connectivity index (χ4n) is 2.45. The zero-order chi connectivity index (χ0) is 13.9. The van der Waals surface area contributed by atoms with Gasteiger partial charge in [-0.15, -0.1) is 0 Å². The van der Waals surface area contributed by atoms with E-state index in [1.54, 1.807) is 12.4 Å². The lowest BCUT2D eigenvalue weighted by atomic mass is 9.99. The van der Waals surface area contributed by atoms with Crippen molar-refractivity contribution in [2.75, 3.05) is 0 Å². The SMILES string of the molecule is O=C1CCCCCC1c1nc(-c2cncc(Br)c2)no1. The van der Waals surface area contributed by atoms with Crippen LogP contribution in [0.4, 0.5) is 0 Å². The molecule has 6 heteroatoms. The number of rotatable bonds is 2. The van der Waals surface area contributed by atoms with E-state index in [-0.39, 0.29) is 11.7 Å². The summed E-state index contributed by atoms with van der Waals surface area (Å²) < 4.78 is 6.15. The Balaban J connectivity index is 1.87. The molecular weight excluding hydrogens is 322 g/mol. The number of carbonyl (C=O) groups excluding carboxylic acids is 1. The van der Waals surface area contributed by atoms with E-state index in [0.717, 1.165) is 35.7 Å². The average Bonchev–Trinajstić information content (AvgIpc) is 2.82. The fraction of sp³-hybridized carbons (Fsp3) is 0.429. The molecule has 20 heavy (non-hydrogen) atoms. The summed E-state index contributed by atoms with van der Waals surface area (Å²) in [5, 5.41) is 3.97. The van der Waals surface area contributed by atoms with Crippen LogP contribution < -0.4 is 0 Å². The number of pyridine rings is 1. The Morgan fingerprint density at radius 2 is 2.15 bits per heavy atom. The first-order chi connectivity index (χ1) is 9.74. The van der Waals surface area contributed by atoms with Crippen LogP contribution in [0, 0.1) is 0 Å². The van der Waals surface area contributed by atoms with E-state index >= 15 is 0 Å². The summed E-state index contributed by atoms with van der Waals surface area (Å²) in [5.41, 5.74) is 0.774. The third-order valence-corrected chi connectivity index (χ3v) is 3.94. The van der Waals surface area contributed by atoms with Gasteiger partial charge < -0.3 is 4.52 Å². The maximum Gasteiger partial charge on any atom is 0.237 e. The number of nitrogens with zero attached hydrogens (tertiary/aromatic N) is 3. The van der Waals surface area contributed by atoms with Gasteiger partial charge in [0.1, 0.15) is 5.78 Å². The Morgan fingerprint density at radius 1 is 1.25 bits per heavy atom. The molecule has 0 aromatic carbocycles. The number of hydrogen-bond donors (Lipinski definition) is 0. The highest BCUT2D eigenvalue weighted by atomic mass is 79.9. The van der Waals surface area contributed by atoms with Crippen LogP contribution in [-0.2, 0) is 4.79 Å². The van der Waals surface area contributed by atoms with E-state index in [1.807, 2.05) is 6.07 Å². The van der Waals surface area contributed by atoms with Crippen LogP contribution in [0.5, 0.6) is 0 Å². The predicted molar refractivity (Wildman–Crippen MR) is 76.1 cm³/mol. The number of aromatic nitrogens is 3. The molecule has 5 nitrogen and oxygen atoms in total. The maximum atomic E-state index is 12.1. The molecule has 1 aliphatic carbocycles. The van der Waals surface area contributed by atoms with Gasteiger partial charge in [-0.1, -0.05) is 18.0 Å². The van der Waals surface area contributed by atoms with Crippen LogP contribution >= 0.6 is 15.9 Å². The number of hydrogen-bond acceptors (Lipinski definition) is 5. The van der Waals surface area contributed by atoms with Gasteiger partial charge in [-0.3, -0.25) is 9.78 Å². The van der Waals surface area contributed by atoms with Crippen molar-refractivity contribution in [3.05, 3.63) is 28.8 Å². The number of ketones is 1. The van der Waals surface area contributed by atoms with Gasteiger partial charge in [-0.2, -0.15) is 4.98 Å². The molecule has 1 unspecified atom stereocenters. The van der Waals surface area contributed by atoms with Crippen molar-refractivity contribution >= 4 is 21.7 Å². The van der Waals surface area contributed by atoms with Gasteiger partial charge in [-0.05, 0) is 34.8 Å². The second-order valence-corrected chi connectivity index (χ2v) is 5.88. The lowest BCUT2D eigenvalue weighted by Crippen LogP contribution is -2.10. The molecule has 0 N–H and O–H groups in total. The van der Waals surface area contributed by atoms with Gasteiger partial charge in [-0.25, -0.2) is 0 Å². The third-order valence-electron chi connectivity index (χ3n) is 3.51. The lowest BCUT2D eigenvalue weighted by molar-refractivity contribution is -0.120. The van der Waals surface area contributed by atoms with E-state index in [0.29, 0.717) is 18.1 Å².